The first kappa shape index (κ1) is 16.0. The Morgan fingerprint density at radius 3 is 2.60 bits per heavy atom. The van der Waals surface area contributed by atoms with Gasteiger partial charge >= 0.3 is 5.97 Å². The van der Waals surface area contributed by atoms with Crippen molar-refractivity contribution in [2.24, 2.45) is 0 Å². The fraction of sp³-hybridized carbons (Fsp3) is 0.467. The fourth-order valence-electron chi connectivity index (χ4n) is 1.65. The number of aryl methyl sites for hydroxylation is 1. The molecule has 0 fully saturated rings. The first-order valence-electron chi connectivity index (χ1n) is 6.64. The first-order valence-corrected chi connectivity index (χ1v) is 6.64. The van der Waals surface area contributed by atoms with E-state index in [2.05, 4.69) is 0 Å². The van der Waals surface area contributed by atoms with Gasteiger partial charge < -0.3 is 14.1 Å². The quantitative estimate of drug-likeness (QED) is 0.592. The minimum Gasteiger partial charge on any atom is -0.465 e. The topological polar surface area (TPSA) is 59.8 Å². The lowest BCUT2D eigenvalue weighted by molar-refractivity contribution is -0.148. The third-order valence-corrected chi connectivity index (χ3v) is 2.66. The lowest BCUT2D eigenvalue weighted by Gasteiger charge is -2.24. The number of rotatable bonds is 6. The molecule has 0 atom stereocenters. The van der Waals surface area contributed by atoms with Crippen LogP contribution in [-0.4, -0.2) is 36.0 Å². The van der Waals surface area contributed by atoms with Crippen LogP contribution in [0, 0.1) is 6.92 Å². The maximum Gasteiger partial charge on any atom is 0.325 e. The minimum absolute atomic E-state index is 0.0497. The molecule has 5 nitrogen and oxygen atoms in total. The number of hydrogen-bond donors (Lipinski definition) is 0. The molecule has 1 rings (SSSR count). The number of ether oxygens (including phenoxy) is 1. The van der Waals surface area contributed by atoms with Crippen LogP contribution >= 0.6 is 0 Å². The van der Waals surface area contributed by atoms with Gasteiger partial charge in [0.15, 0.2) is 0 Å². The predicted octanol–water partition coefficient (Wildman–Crippen LogP) is 2.40. The summed E-state index contributed by atoms with van der Waals surface area (Å²) in [6.45, 7) is 7.52. The summed E-state index contributed by atoms with van der Waals surface area (Å²) in [5.74, 6) is 0.735. The summed E-state index contributed by atoms with van der Waals surface area (Å²) in [6.07, 6.45) is 2.99. The third kappa shape index (κ3) is 4.91. The van der Waals surface area contributed by atoms with E-state index in [-0.39, 0.29) is 18.5 Å². The molecule has 110 valence electrons. The van der Waals surface area contributed by atoms with Gasteiger partial charge in [-0.05, 0) is 45.9 Å². The van der Waals surface area contributed by atoms with Crippen LogP contribution in [0.4, 0.5) is 0 Å². The zero-order chi connectivity index (χ0) is 15.1. The Bertz CT molecular complexity index is 488. The van der Waals surface area contributed by atoms with E-state index in [1.165, 1.54) is 11.0 Å². The highest BCUT2D eigenvalue weighted by Gasteiger charge is 2.18. The van der Waals surface area contributed by atoms with Gasteiger partial charge in [-0.25, -0.2) is 0 Å². The monoisotopic (exact) mass is 279 g/mol. The number of amides is 1. The second kappa shape index (κ2) is 7.53. The van der Waals surface area contributed by atoms with Gasteiger partial charge in [-0.2, -0.15) is 0 Å². The van der Waals surface area contributed by atoms with Crippen molar-refractivity contribution in [2.75, 3.05) is 13.2 Å². The fourth-order valence-corrected chi connectivity index (χ4v) is 1.65. The number of nitrogens with zero attached hydrogens (tertiary/aromatic N) is 1. The molecular formula is C15H21NO4. The molecule has 1 heterocycles. The molecular weight excluding hydrogens is 258 g/mol. The summed E-state index contributed by atoms with van der Waals surface area (Å²) in [4.78, 5) is 25.0. The van der Waals surface area contributed by atoms with E-state index in [0.29, 0.717) is 12.4 Å². The van der Waals surface area contributed by atoms with Gasteiger partial charge in [0.05, 0.1) is 6.61 Å². The van der Waals surface area contributed by atoms with Crippen molar-refractivity contribution < 1.29 is 18.7 Å². The average Bonchev–Trinajstić information content (AvgIpc) is 2.79. The third-order valence-electron chi connectivity index (χ3n) is 2.66. The summed E-state index contributed by atoms with van der Waals surface area (Å²) < 4.78 is 10.2. The van der Waals surface area contributed by atoms with E-state index in [1.54, 1.807) is 19.1 Å². The van der Waals surface area contributed by atoms with Crippen molar-refractivity contribution >= 4 is 18.0 Å². The molecule has 0 saturated heterocycles. The van der Waals surface area contributed by atoms with Crippen molar-refractivity contribution in [2.45, 2.75) is 33.7 Å². The van der Waals surface area contributed by atoms with Crippen LogP contribution in [-0.2, 0) is 14.3 Å². The Morgan fingerprint density at radius 2 is 2.10 bits per heavy atom. The first-order chi connectivity index (χ1) is 9.43. The van der Waals surface area contributed by atoms with Crippen molar-refractivity contribution in [3.63, 3.8) is 0 Å². The number of furan rings is 1. The molecule has 5 heteroatoms. The van der Waals surface area contributed by atoms with Crippen molar-refractivity contribution in [3.8, 4) is 0 Å². The van der Waals surface area contributed by atoms with Gasteiger partial charge in [-0.1, -0.05) is 0 Å². The van der Waals surface area contributed by atoms with E-state index in [0.717, 1.165) is 5.76 Å². The van der Waals surface area contributed by atoms with Gasteiger partial charge in [-0.15, -0.1) is 0 Å². The normalized spacial score (nSPS) is 11.1. The van der Waals surface area contributed by atoms with Crippen LogP contribution in [0.2, 0.25) is 0 Å². The predicted molar refractivity (Wildman–Crippen MR) is 76.0 cm³/mol. The van der Waals surface area contributed by atoms with E-state index < -0.39 is 5.97 Å². The average molecular weight is 279 g/mol. The van der Waals surface area contributed by atoms with Crippen LogP contribution < -0.4 is 0 Å². The summed E-state index contributed by atoms with van der Waals surface area (Å²) in [5.41, 5.74) is 0. The number of esters is 1. The molecule has 0 aromatic carbocycles. The zero-order valence-electron chi connectivity index (χ0n) is 12.4. The second-order valence-corrected chi connectivity index (χ2v) is 4.65. The highest BCUT2D eigenvalue weighted by atomic mass is 16.5. The van der Waals surface area contributed by atoms with Crippen molar-refractivity contribution in [1.82, 2.24) is 4.90 Å². The Morgan fingerprint density at radius 1 is 1.40 bits per heavy atom. The van der Waals surface area contributed by atoms with E-state index in [9.17, 15) is 9.59 Å². The molecule has 0 radical (unpaired) electrons. The van der Waals surface area contributed by atoms with Gasteiger partial charge in [0.1, 0.15) is 18.1 Å². The Hall–Kier alpha value is -2.04. The summed E-state index contributed by atoms with van der Waals surface area (Å²) in [7, 11) is 0. The van der Waals surface area contributed by atoms with Crippen LogP contribution in [0.15, 0.2) is 22.6 Å². The summed E-state index contributed by atoms with van der Waals surface area (Å²) in [5, 5.41) is 0. The van der Waals surface area contributed by atoms with Gasteiger partial charge in [0, 0.05) is 12.1 Å². The summed E-state index contributed by atoms with van der Waals surface area (Å²) >= 11 is 0. The molecule has 1 amide bonds. The van der Waals surface area contributed by atoms with Crippen molar-refractivity contribution in [3.05, 3.63) is 29.7 Å². The van der Waals surface area contributed by atoms with Crippen LogP contribution in [0.5, 0.6) is 0 Å². The van der Waals surface area contributed by atoms with E-state index >= 15 is 0 Å². The molecule has 0 unspecified atom stereocenters. The maximum absolute atomic E-state index is 12.1. The van der Waals surface area contributed by atoms with E-state index in [4.69, 9.17) is 9.15 Å². The highest BCUT2D eigenvalue weighted by Crippen LogP contribution is 2.09. The number of hydrogen-bond acceptors (Lipinski definition) is 4. The molecule has 0 aliphatic heterocycles. The highest BCUT2D eigenvalue weighted by molar-refractivity contribution is 5.93. The number of carbonyl (C=O) groups is 2. The Labute approximate surface area is 119 Å². The smallest absolute Gasteiger partial charge is 0.325 e. The molecule has 20 heavy (non-hydrogen) atoms. The lowest BCUT2D eigenvalue weighted by Crippen LogP contribution is -2.40. The Kier molecular flexibility index (Phi) is 6.03. The van der Waals surface area contributed by atoms with Crippen LogP contribution in [0.3, 0.4) is 0 Å². The van der Waals surface area contributed by atoms with Crippen LogP contribution in [0.1, 0.15) is 32.3 Å². The molecule has 0 N–H and O–H groups in total. The molecule has 0 aliphatic carbocycles. The zero-order valence-corrected chi connectivity index (χ0v) is 12.4. The van der Waals surface area contributed by atoms with Gasteiger partial charge in [-0.3, -0.25) is 9.59 Å². The number of carbonyl (C=O) groups excluding carboxylic acids is 2. The molecule has 0 aliphatic rings. The minimum atomic E-state index is -0.406. The molecule has 0 saturated carbocycles. The maximum atomic E-state index is 12.1. The van der Waals surface area contributed by atoms with Crippen LogP contribution in [0.25, 0.3) is 6.08 Å². The largest absolute Gasteiger partial charge is 0.465 e. The summed E-state index contributed by atoms with van der Waals surface area (Å²) in [6, 6.07) is 3.52. The van der Waals surface area contributed by atoms with Gasteiger partial charge in [0.2, 0.25) is 5.91 Å². The standard InChI is InChI=1S/C15H21NO4/c1-5-19-15(18)10-16(11(2)3)14(17)9-8-13-7-6-12(4)20-13/h6-9,11H,5,10H2,1-4H3. The van der Waals surface area contributed by atoms with Gasteiger partial charge in [0.25, 0.3) is 0 Å². The lowest BCUT2D eigenvalue weighted by atomic mass is 10.3. The Balaban J connectivity index is 2.69. The molecule has 0 bridgehead atoms. The molecule has 1 aromatic rings. The molecule has 1 aromatic heterocycles. The van der Waals surface area contributed by atoms with Crippen molar-refractivity contribution in [1.29, 1.82) is 0 Å². The SMILES string of the molecule is CCOC(=O)CN(C(=O)C=Cc1ccc(C)o1)C(C)C. The molecule has 0 spiro atoms. The second-order valence-electron chi connectivity index (χ2n) is 4.65. The van der Waals surface area contributed by atoms with E-state index in [1.807, 2.05) is 26.8 Å².